The minimum atomic E-state index is -5.01. The van der Waals surface area contributed by atoms with Crippen LogP contribution in [-0.2, 0) is 13.8 Å². The second-order valence-corrected chi connectivity index (χ2v) is 12.4. The molecule has 0 bridgehead atoms. The summed E-state index contributed by atoms with van der Waals surface area (Å²) in [5, 5.41) is 10.0. The molecule has 6 rings (SSSR count). The Morgan fingerprint density at radius 3 is 2.41 bits per heavy atom. The second-order valence-electron chi connectivity index (χ2n) is 11.2. The molecule has 0 unspecified atom stereocenters. The Hall–Kier alpha value is -3.97. The van der Waals surface area contributed by atoms with Crippen molar-refractivity contribution in [2.75, 3.05) is 42.6 Å². The van der Waals surface area contributed by atoms with Gasteiger partial charge in [-0.1, -0.05) is 6.58 Å². The summed E-state index contributed by atoms with van der Waals surface area (Å²) in [7, 11) is -5.01. The van der Waals surface area contributed by atoms with Crippen molar-refractivity contribution in [3.8, 4) is 5.75 Å². The van der Waals surface area contributed by atoms with E-state index in [1.165, 1.54) is 23.2 Å². The number of pyridine rings is 1. The maximum absolute atomic E-state index is 15.5. The first-order valence-corrected chi connectivity index (χ1v) is 15.5. The number of hydrogen-bond acceptors (Lipinski definition) is 8. The molecule has 3 aromatic rings. The van der Waals surface area contributed by atoms with Gasteiger partial charge < -0.3 is 33.8 Å². The number of cyclic esters (lactones) is 1. The van der Waals surface area contributed by atoms with E-state index in [-0.39, 0.29) is 73.2 Å². The van der Waals surface area contributed by atoms with Gasteiger partial charge in [0.25, 0.3) is 0 Å². The van der Waals surface area contributed by atoms with Crippen molar-refractivity contribution in [2.45, 2.75) is 37.3 Å². The summed E-state index contributed by atoms with van der Waals surface area (Å²) < 4.78 is 59.9. The number of aromatic nitrogens is 1. The number of hydrogen-bond donors (Lipinski definition) is 3. The molecule has 3 N–H and O–H groups in total. The van der Waals surface area contributed by atoms with E-state index in [0.717, 1.165) is 25.0 Å². The maximum atomic E-state index is 15.5. The number of ether oxygens (including phenoxy) is 2. The molecule has 2 aromatic carbocycles. The number of fused-ring (bicyclic) bond motifs is 1. The average Bonchev–Trinajstić information content (AvgIpc) is 3.71. The van der Waals surface area contributed by atoms with Crippen LogP contribution in [0.15, 0.2) is 47.9 Å². The predicted octanol–water partition coefficient (Wildman–Crippen LogP) is 4.63. The summed E-state index contributed by atoms with van der Waals surface area (Å²) in [6, 6.07) is 6.66. The van der Waals surface area contributed by atoms with Crippen LogP contribution in [0, 0.1) is 11.6 Å². The van der Waals surface area contributed by atoms with Crippen LogP contribution in [-0.4, -0.2) is 64.0 Å². The van der Waals surface area contributed by atoms with Crippen LogP contribution in [0.4, 0.5) is 25.0 Å². The van der Waals surface area contributed by atoms with E-state index in [2.05, 4.69) is 6.58 Å². The zero-order valence-electron chi connectivity index (χ0n) is 23.4. The van der Waals surface area contributed by atoms with E-state index in [1.54, 1.807) is 11.0 Å². The Bertz CT molecular complexity index is 1760. The van der Waals surface area contributed by atoms with Gasteiger partial charge in [0.1, 0.15) is 30.4 Å². The van der Waals surface area contributed by atoms with Crippen molar-refractivity contribution < 1.29 is 47.0 Å². The highest BCUT2D eigenvalue weighted by Gasteiger charge is 2.43. The van der Waals surface area contributed by atoms with Crippen LogP contribution >= 0.6 is 7.82 Å². The van der Waals surface area contributed by atoms with E-state index in [1.807, 2.05) is 4.57 Å². The molecule has 234 valence electrons. The lowest BCUT2D eigenvalue weighted by Gasteiger charge is -2.42. The van der Waals surface area contributed by atoms with Gasteiger partial charge in [-0.05, 0) is 49.9 Å². The van der Waals surface area contributed by atoms with Crippen LogP contribution in [0.5, 0.6) is 5.75 Å². The molecule has 15 heteroatoms. The molecule has 3 fully saturated rings. The Morgan fingerprint density at radius 2 is 1.82 bits per heavy atom. The number of aliphatic hydroxyl groups is 1. The van der Waals surface area contributed by atoms with Gasteiger partial charge in [-0.2, -0.15) is 0 Å². The van der Waals surface area contributed by atoms with Crippen LogP contribution in [0.3, 0.4) is 0 Å². The highest BCUT2D eigenvalue weighted by molar-refractivity contribution is 7.46. The van der Waals surface area contributed by atoms with Crippen molar-refractivity contribution in [3.05, 3.63) is 70.5 Å². The topological polar surface area (TPSA) is 151 Å². The first-order valence-electron chi connectivity index (χ1n) is 14.0. The molecule has 1 aliphatic carbocycles. The molecular weight excluding hydrogens is 603 g/mol. The molecular formula is C29H30F2N3O9P. The fourth-order valence-electron chi connectivity index (χ4n) is 5.74. The number of carbonyl (C=O) groups is 1. The number of benzene rings is 2. The highest BCUT2D eigenvalue weighted by Crippen LogP contribution is 2.46. The number of amides is 1. The minimum Gasteiger partial charge on any atom is -0.508 e. The van der Waals surface area contributed by atoms with Gasteiger partial charge in [0.05, 0.1) is 29.0 Å². The number of carbonyl (C=O) groups excluding carboxylic acids is 1. The summed E-state index contributed by atoms with van der Waals surface area (Å²) in [4.78, 5) is 47.1. The molecule has 0 spiro atoms. The lowest BCUT2D eigenvalue weighted by atomic mass is 9.92. The molecule has 1 aromatic heterocycles. The van der Waals surface area contributed by atoms with E-state index in [4.69, 9.17) is 14.0 Å². The van der Waals surface area contributed by atoms with E-state index in [9.17, 15) is 33.4 Å². The van der Waals surface area contributed by atoms with Crippen LogP contribution in [0.1, 0.15) is 37.3 Å². The third kappa shape index (κ3) is 5.90. The number of phosphoric ester groups is 1. The molecule has 44 heavy (non-hydrogen) atoms. The van der Waals surface area contributed by atoms with Crippen LogP contribution in [0.2, 0.25) is 0 Å². The Kier molecular flexibility index (Phi) is 7.65. The Balaban J connectivity index is 1.23. The predicted molar refractivity (Wildman–Crippen MR) is 156 cm³/mol. The summed E-state index contributed by atoms with van der Waals surface area (Å²) in [6.07, 6.45) is 2.64. The number of phosphoric acid groups is 1. The van der Waals surface area contributed by atoms with Crippen molar-refractivity contribution in [2.24, 2.45) is 0 Å². The zero-order chi connectivity index (χ0) is 31.4. The Labute approximate surface area is 249 Å². The molecule has 2 saturated heterocycles. The molecule has 12 nitrogen and oxygen atoms in total. The Morgan fingerprint density at radius 1 is 1.09 bits per heavy atom. The number of piperidine rings is 1. The summed E-state index contributed by atoms with van der Waals surface area (Å²) in [5.41, 5.74) is -1.12. The third-order valence-electron chi connectivity index (χ3n) is 8.16. The number of halogens is 2. The van der Waals surface area contributed by atoms with Gasteiger partial charge in [-0.15, -0.1) is 0 Å². The lowest BCUT2D eigenvalue weighted by Crippen LogP contribution is -2.49. The number of aliphatic hydroxyl groups excluding tert-OH is 1. The molecule has 0 atom stereocenters. The van der Waals surface area contributed by atoms with Crippen molar-refractivity contribution in [3.63, 3.8) is 0 Å². The van der Waals surface area contributed by atoms with Gasteiger partial charge in [-0.25, -0.2) is 18.1 Å². The summed E-state index contributed by atoms with van der Waals surface area (Å²) in [6.45, 7) is 3.69. The van der Waals surface area contributed by atoms with E-state index < -0.39 is 48.9 Å². The van der Waals surface area contributed by atoms with Crippen molar-refractivity contribution in [1.82, 2.24) is 4.57 Å². The SMILES string of the molecule is C=C(O)c1cn(C2CC2)c2cc(N3CCC(COc4ccc(N5CCOC5=O)cc4F)(OP(=O)(O)O)CC3)c(F)cc2c1=O. The average molecular weight is 634 g/mol. The van der Waals surface area contributed by atoms with Gasteiger partial charge in [0.2, 0.25) is 0 Å². The van der Waals surface area contributed by atoms with Crippen LogP contribution in [0.25, 0.3) is 16.7 Å². The van der Waals surface area contributed by atoms with Crippen molar-refractivity contribution >= 4 is 42.0 Å². The molecule has 0 radical (unpaired) electrons. The van der Waals surface area contributed by atoms with E-state index >= 15 is 4.39 Å². The standard InChI is InChI=1S/C29H30F2N3O9P/c1-17(35)21-15-34(18-2-3-18)24-14-25(22(30)13-20(24)27(21)36)32-8-6-29(7-9-32,43-44(38,39)40)16-42-26-5-4-19(12-23(26)31)33-10-11-41-28(33)37/h4-5,12-15,18,35H,1-3,6-11,16H2,(H2,38,39,40). The van der Waals surface area contributed by atoms with Crippen molar-refractivity contribution in [1.29, 1.82) is 0 Å². The van der Waals surface area contributed by atoms with Crippen LogP contribution < -0.4 is 20.0 Å². The largest absolute Gasteiger partial charge is 0.508 e. The number of anilines is 2. The first-order chi connectivity index (χ1) is 20.8. The molecule has 3 heterocycles. The second kappa shape index (κ2) is 11.2. The summed E-state index contributed by atoms with van der Waals surface area (Å²) >= 11 is 0. The number of rotatable bonds is 9. The monoisotopic (exact) mass is 633 g/mol. The summed E-state index contributed by atoms with van der Waals surface area (Å²) in [5.74, 6) is -2.08. The maximum Gasteiger partial charge on any atom is 0.470 e. The molecule has 3 aliphatic rings. The highest BCUT2D eigenvalue weighted by atomic mass is 31.2. The molecule has 2 aliphatic heterocycles. The quantitative estimate of drug-likeness (QED) is 0.225. The third-order valence-corrected chi connectivity index (χ3v) is 8.78. The normalized spacial score (nSPS) is 18.5. The molecule has 1 amide bonds. The van der Waals surface area contributed by atoms with E-state index in [0.29, 0.717) is 5.52 Å². The van der Waals surface area contributed by atoms with Gasteiger partial charge in [-0.3, -0.25) is 14.2 Å². The lowest BCUT2D eigenvalue weighted by molar-refractivity contribution is -0.0232. The van der Waals surface area contributed by atoms with Gasteiger partial charge >= 0.3 is 13.9 Å². The smallest absolute Gasteiger partial charge is 0.470 e. The zero-order valence-corrected chi connectivity index (χ0v) is 24.3. The fourth-order valence-corrected chi connectivity index (χ4v) is 6.48. The first kappa shape index (κ1) is 30.1. The van der Waals surface area contributed by atoms with Gasteiger partial charge in [0, 0.05) is 36.8 Å². The number of nitrogens with zero attached hydrogens (tertiary/aromatic N) is 3. The van der Waals surface area contributed by atoms with Gasteiger partial charge in [0.15, 0.2) is 17.0 Å². The molecule has 1 saturated carbocycles. The minimum absolute atomic E-state index is 0.00137. The fraction of sp³-hybridized carbons (Fsp3) is 0.379.